The maximum absolute atomic E-state index is 13.7. The Morgan fingerprint density at radius 3 is 2.41 bits per heavy atom. The number of benzene rings is 1. The SMILES string of the molecule is Cc1cc(F)c(C(N)c2ccoc2C)cc1F. The van der Waals surface area contributed by atoms with Gasteiger partial charge in [-0.3, -0.25) is 0 Å². The van der Waals surface area contributed by atoms with E-state index in [1.165, 1.54) is 13.2 Å². The lowest BCUT2D eigenvalue weighted by molar-refractivity contribution is 0.524. The van der Waals surface area contributed by atoms with Gasteiger partial charge in [0.2, 0.25) is 0 Å². The Balaban J connectivity index is 2.48. The summed E-state index contributed by atoms with van der Waals surface area (Å²) in [6, 6.07) is 3.24. The van der Waals surface area contributed by atoms with Gasteiger partial charge in [-0.1, -0.05) is 0 Å². The molecule has 2 aromatic rings. The second-order valence-electron chi connectivity index (χ2n) is 4.03. The van der Waals surface area contributed by atoms with E-state index >= 15 is 0 Å². The molecule has 1 aromatic heterocycles. The van der Waals surface area contributed by atoms with Crippen LogP contribution in [0.4, 0.5) is 8.78 Å². The van der Waals surface area contributed by atoms with E-state index in [0.29, 0.717) is 11.3 Å². The van der Waals surface area contributed by atoms with Gasteiger partial charge in [-0.2, -0.15) is 0 Å². The Kier molecular flexibility index (Phi) is 2.98. The molecule has 2 rings (SSSR count). The standard InChI is InChI=1S/C13H13F2NO/c1-7-5-12(15)10(6-11(7)14)13(16)9-3-4-17-8(9)2/h3-6,13H,16H2,1-2H3. The molecule has 0 fully saturated rings. The second-order valence-corrected chi connectivity index (χ2v) is 4.03. The predicted octanol–water partition coefficient (Wildman–Crippen LogP) is 3.22. The van der Waals surface area contributed by atoms with E-state index in [4.69, 9.17) is 10.2 Å². The van der Waals surface area contributed by atoms with Gasteiger partial charge >= 0.3 is 0 Å². The van der Waals surface area contributed by atoms with Crippen LogP contribution < -0.4 is 5.73 Å². The summed E-state index contributed by atoms with van der Waals surface area (Å²) in [5.74, 6) is -0.354. The molecule has 2 N–H and O–H groups in total. The van der Waals surface area contributed by atoms with Crippen LogP contribution in [0.3, 0.4) is 0 Å². The average Bonchev–Trinajstić information content (AvgIpc) is 2.69. The zero-order valence-corrected chi connectivity index (χ0v) is 9.63. The molecule has 90 valence electrons. The Morgan fingerprint density at radius 2 is 1.82 bits per heavy atom. The van der Waals surface area contributed by atoms with Crippen LogP contribution >= 0.6 is 0 Å². The highest BCUT2D eigenvalue weighted by molar-refractivity contribution is 5.35. The second kappa shape index (κ2) is 4.30. The summed E-state index contributed by atoms with van der Waals surface area (Å²) in [6.45, 7) is 3.24. The monoisotopic (exact) mass is 237 g/mol. The summed E-state index contributed by atoms with van der Waals surface area (Å²) in [6.07, 6.45) is 1.48. The number of hydrogen-bond acceptors (Lipinski definition) is 2. The molecule has 0 spiro atoms. The van der Waals surface area contributed by atoms with Crippen molar-refractivity contribution in [2.45, 2.75) is 19.9 Å². The molecule has 4 heteroatoms. The molecule has 1 unspecified atom stereocenters. The summed E-state index contributed by atoms with van der Waals surface area (Å²) >= 11 is 0. The highest BCUT2D eigenvalue weighted by Crippen LogP contribution is 2.27. The largest absolute Gasteiger partial charge is 0.469 e. The maximum atomic E-state index is 13.7. The summed E-state index contributed by atoms with van der Waals surface area (Å²) < 4.78 is 32.2. The third-order valence-corrected chi connectivity index (χ3v) is 2.85. The van der Waals surface area contributed by atoms with Crippen LogP contribution in [0, 0.1) is 25.5 Å². The van der Waals surface area contributed by atoms with Gasteiger partial charge < -0.3 is 10.2 Å². The Bertz CT molecular complexity index is 548. The van der Waals surface area contributed by atoms with Gasteiger partial charge in [0, 0.05) is 11.1 Å². The van der Waals surface area contributed by atoms with Crippen LogP contribution in [0.2, 0.25) is 0 Å². The van der Waals surface area contributed by atoms with Crippen molar-refractivity contribution >= 4 is 0 Å². The number of hydrogen-bond donors (Lipinski definition) is 1. The molecule has 0 radical (unpaired) electrons. The topological polar surface area (TPSA) is 39.2 Å². The maximum Gasteiger partial charge on any atom is 0.128 e. The van der Waals surface area contributed by atoms with Gasteiger partial charge in [0.05, 0.1) is 12.3 Å². The molecule has 0 aliphatic rings. The van der Waals surface area contributed by atoms with E-state index in [-0.39, 0.29) is 11.1 Å². The molecule has 1 heterocycles. The van der Waals surface area contributed by atoms with Crippen molar-refractivity contribution in [1.29, 1.82) is 0 Å². The zero-order chi connectivity index (χ0) is 12.6. The minimum absolute atomic E-state index is 0.137. The fraction of sp³-hybridized carbons (Fsp3) is 0.231. The molecule has 1 aromatic carbocycles. The van der Waals surface area contributed by atoms with Crippen LogP contribution in [0.5, 0.6) is 0 Å². The van der Waals surface area contributed by atoms with Crippen molar-refractivity contribution in [3.63, 3.8) is 0 Å². The van der Waals surface area contributed by atoms with Gasteiger partial charge in [-0.25, -0.2) is 8.78 Å². The number of nitrogens with two attached hydrogens (primary N) is 1. The van der Waals surface area contributed by atoms with E-state index in [2.05, 4.69) is 0 Å². The minimum Gasteiger partial charge on any atom is -0.469 e. The molecule has 0 aliphatic carbocycles. The van der Waals surface area contributed by atoms with Gasteiger partial charge in [0.15, 0.2) is 0 Å². The predicted molar refractivity (Wildman–Crippen MR) is 60.6 cm³/mol. The first kappa shape index (κ1) is 11.8. The minimum atomic E-state index is -0.719. The molecular formula is C13H13F2NO. The van der Waals surface area contributed by atoms with Crippen LogP contribution in [0.1, 0.15) is 28.5 Å². The van der Waals surface area contributed by atoms with Gasteiger partial charge in [-0.05, 0) is 37.6 Å². The Hall–Kier alpha value is -1.68. The molecule has 0 amide bonds. The average molecular weight is 237 g/mol. The third kappa shape index (κ3) is 2.08. The van der Waals surface area contributed by atoms with Crippen molar-refractivity contribution in [2.75, 3.05) is 0 Å². The van der Waals surface area contributed by atoms with Crippen molar-refractivity contribution in [3.8, 4) is 0 Å². The smallest absolute Gasteiger partial charge is 0.128 e. The Labute approximate surface area is 98.0 Å². The third-order valence-electron chi connectivity index (χ3n) is 2.85. The molecule has 0 bridgehead atoms. The lowest BCUT2D eigenvalue weighted by atomic mass is 9.98. The van der Waals surface area contributed by atoms with E-state index in [9.17, 15) is 8.78 Å². The number of halogens is 2. The van der Waals surface area contributed by atoms with Crippen LogP contribution in [-0.4, -0.2) is 0 Å². The van der Waals surface area contributed by atoms with Crippen molar-refractivity contribution in [2.24, 2.45) is 5.73 Å². The lowest BCUT2D eigenvalue weighted by Crippen LogP contribution is -2.14. The van der Waals surface area contributed by atoms with Crippen LogP contribution in [0.15, 0.2) is 28.9 Å². The molecule has 2 nitrogen and oxygen atoms in total. The highest BCUT2D eigenvalue weighted by atomic mass is 19.1. The van der Waals surface area contributed by atoms with E-state index in [0.717, 1.165) is 12.1 Å². The normalized spacial score (nSPS) is 12.8. The highest BCUT2D eigenvalue weighted by Gasteiger charge is 2.18. The molecule has 17 heavy (non-hydrogen) atoms. The lowest BCUT2D eigenvalue weighted by Gasteiger charge is -2.13. The Morgan fingerprint density at radius 1 is 1.12 bits per heavy atom. The first-order chi connectivity index (χ1) is 8.00. The summed E-state index contributed by atoms with van der Waals surface area (Å²) in [7, 11) is 0. The van der Waals surface area contributed by atoms with E-state index < -0.39 is 17.7 Å². The summed E-state index contributed by atoms with van der Waals surface area (Å²) in [4.78, 5) is 0. The summed E-state index contributed by atoms with van der Waals surface area (Å²) in [5.41, 5.74) is 6.98. The fourth-order valence-electron chi connectivity index (χ4n) is 1.78. The molecule has 0 saturated heterocycles. The number of furan rings is 1. The summed E-state index contributed by atoms with van der Waals surface area (Å²) in [5, 5.41) is 0. The first-order valence-electron chi connectivity index (χ1n) is 5.26. The van der Waals surface area contributed by atoms with Crippen molar-refractivity contribution in [1.82, 2.24) is 0 Å². The quantitative estimate of drug-likeness (QED) is 0.871. The van der Waals surface area contributed by atoms with Gasteiger partial charge in [0.1, 0.15) is 17.4 Å². The zero-order valence-electron chi connectivity index (χ0n) is 9.63. The molecular weight excluding hydrogens is 224 g/mol. The number of aryl methyl sites for hydroxylation is 2. The molecule has 0 aliphatic heterocycles. The first-order valence-corrected chi connectivity index (χ1v) is 5.26. The van der Waals surface area contributed by atoms with E-state index in [1.807, 2.05) is 0 Å². The van der Waals surface area contributed by atoms with Gasteiger partial charge in [0.25, 0.3) is 0 Å². The van der Waals surface area contributed by atoms with Crippen LogP contribution in [-0.2, 0) is 0 Å². The van der Waals surface area contributed by atoms with E-state index in [1.54, 1.807) is 13.0 Å². The van der Waals surface area contributed by atoms with Crippen LogP contribution in [0.25, 0.3) is 0 Å². The number of rotatable bonds is 2. The molecule has 0 saturated carbocycles. The fourth-order valence-corrected chi connectivity index (χ4v) is 1.78. The van der Waals surface area contributed by atoms with Crippen molar-refractivity contribution < 1.29 is 13.2 Å². The molecule has 1 atom stereocenters. The van der Waals surface area contributed by atoms with Crippen molar-refractivity contribution in [3.05, 3.63) is 58.5 Å². The van der Waals surface area contributed by atoms with Gasteiger partial charge in [-0.15, -0.1) is 0 Å².